The Hall–Kier alpha value is -2.63. The van der Waals surface area contributed by atoms with Crippen LogP contribution in [0.15, 0.2) is 60.8 Å². The Labute approximate surface area is 179 Å². The van der Waals surface area contributed by atoms with E-state index < -0.39 is 0 Å². The second-order valence-electron chi connectivity index (χ2n) is 8.44. The van der Waals surface area contributed by atoms with E-state index in [0.717, 1.165) is 44.8 Å². The van der Waals surface area contributed by atoms with Gasteiger partial charge in [0.15, 0.2) is 6.04 Å². The Morgan fingerprint density at radius 2 is 1.80 bits per heavy atom. The zero-order valence-electron chi connectivity index (χ0n) is 18.1. The molecule has 0 aliphatic carbocycles. The van der Waals surface area contributed by atoms with Gasteiger partial charge in [0, 0.05) is 17.1 Å². The number of aromatic amines is 1. The molecule has 0 saturated carbocycles. The Kier molecular flexibility index (Phi) is 6.50. The van der Waals surface area contributed by atoms with E-state index in [9.17, 15) is 4.79 Å². The number of likely N-dealkylation sites (N-methyl/N-ethyl adjacent to an activating group) is 1. The highest BCUT2D eigenvalue weighted by Crippen LogP contribution is 2.29. The highest BCUT2D eigenvalue weighted by Gasteiger charge is 2.29. The van der Waals surface area contributed by atoms with Gasteiger partial charge in [-0.15, -0.1) is 0 Å². The number of piperazine rings is 1. The molecule has 4 rings (SSSR count). The fourth-order valence-corrected chi connectivity index (χ4v) is 4.64. The molecule has 4 N–H and O–H groups in total. The van der Waals surface area contributed by atoms with Crippen LogP contribution in [-0.4, -0.2) is 61.1 Å². The van der Waals surface area contributed by atoms with Crippen molar-refractivity contribution in [2.75, 3.05) is 39.3 Å². The van der Waals surface area contributed by atoms with E-state index in [2.05, 4.69) is 89.8 Å². The lowest BCUT2D eigenvalue weighted by Crippen LogP contribution is -3.14. The van der Waals surface area contributed by atoms with E-state index in [0.29, 0.717) is 0 Å². The number of benzene rings is 2. The number of H-pyrrole nitrogens is 1. The third-order valence-electron chi connectivity index (χ3n) is 6.60. The molecule has 5 nitrogen and oxygen atoms in total. The molecule has 158 valence electrons. The fourth-order valence-electron chi connectivity index (χ4n) is 4.64. The Morgan fingerprint density at radius 3 is 2.53 bits per heavy atom. The smallest absolute Gasteiger partial charge is 0.280 e. The van der Waals surface area contributed by atoms with Crippen molar-refractivity contribution in [3.8, 4) is 0 Å². The van der Waals surface area contributed by atoms with Gasteiger partial charge in [0.1, 0.15) is 0 Å². The first-order valence-electron chi connectivity index (χ1n) is 11.2. The number of para-hydroxylation sites is 1. The Balaban J connectivity index is 1.48. The molecule has 30 heavy (non-hydrogen) atoms. The van der Waals surface area contributed by atoms with E-state index in [-0.39, 0.29) is 17.9 Å². The summed E-state index contributed by atoms with van der Waals surface area (Å²) in [7, 11) is 0. The van der Waals surface area contributed by atoms with Crippen LogP contribution in [0.1, 0.15) is 30.9 Å². The molecule has 1 fully saturated rings. The first kappa shape index (κ1) is 20.6. The predicted molar refractivity (Wildman–Crippen MR) is 121 cm³/mol. The zero-order chi connectivity index (χ0) is 20.9. The number of quaternary nitrogens is 2. The number of carbonyl (C=O) groups excluding carboxylic acids is 1. The summed E-state index contributed by atoms with van der Waals surface area (Å²) in [6.45, 7) is 10.2. The molecule has 1 aliphatic rings. The molecule has 0 spiro atoms. The summed E-state index contributed by atoms with van der Waals surface area (Å²) in [6, 6.07) is 19.0. The summed E-state index contributed by atoms with van der Waals surface area (Å²) in [5, 5.41) is 3.48. The summed E-state index contributed by atoms with van der Waals surface area (Å²) in [5.41, 5.74) is 3.75. The van der Waals surface area contributed by atoms with Crippen LogP contribution in [0.3, 0.4) is 0 Å². The van der Waals surface area contributed by atoms with Crippen molar-refractivity contribution in [1.29, 1.82) is 0 Å². The van der Waals surface area contributed by atoms with Crippen LogP contribution in [0.25, 0.3) is 10.9 Å². The minimum atomic E-state index is -0.0652. The maximum atomic E-state index is 13.0. The number of nitrogens with two attached hydrogens (primary N) is 1. The van der Waals surface area contributed by atoms with Crippen LogP contribution < -0.4 is 10.2 Å². The van der Waals surface area contributed by atoms with Gasteiger partial charge in [-0.1, -0.05) is 48.5 Å². The van der Waals surface area contributed by atoms with E-state index >= 15 is 0 Å². The second-order valence-corrected chi connectivity index (χ2v) is 8.44. The van der Waals surface area contributed by atoms with Gasteiger partial charge in [0.2, 0.25) is 0 Å². The molecule has 0 bridgehead atoms. The van der Waals surface area contributed by atoms with Gasteiger partial charge in [0.25, 0.3) is 5.91 Å². The van der Waals surface area contributed by atoms with Gasteiger partial charge in [0.05, 0.1) is 45.2 Å². The first-order chi connectivity index (χ1) is 14.7. The minimum absolute atomic E-state index is 0.0652. The largest absolute Gasteiger partial charge is 0.361 e. The molecule has 5 heteroatoms. The molecule has 1 saturated heterocycles. The SMILES string of the molecule is CC[NH+]1CCN(C(=O)[C@H](C)[NH2+]C[C@@H](c2ccccc2)c2c[nH]c3ccccc23)CC1. The van der Waals surface area contributed by atoms with Crippen LogP contribution in [0.5, 0.6) is 0 Å². The van der Waals surface area contributed by atoms with Gasteiger partial charge < -0.3 is 20.1 Å². The number of nitrogens with zero attached hydrogens (tertiary/aromatic N) is 1. The number of fused-ring (bicyclic) bond motifs is 1. The average Bonchev–Trinajstić information content (AvgIpc) is 3.23. The standard InChI is InChI=1S/C25H32N4O/c1-3-28-13-15-29(16-14-28)25(30)19(2)26-17-22(20-9-5-4-6-10-20)23-18-27-24-12-8-7-11-21(23)24/h4-12,18-19,22,26-27H,3,13-17H2,1-2H3/p+2/t19-,22-/m0/s1. The van der Waals surface area contributed by atoms with E-state index in [4.69, 9.17) is 0 Å². The number of carbonyl (C=O) groups is 1. The number of hydrogen-bond donors (Lipinski definition) is 3. The number of amides is 1. The minimum Gasteiger partial charge on any atom is -0.361 e. The molecule has 1 amide bonds. The summed E-state index contributed by atoms with van der Waals surface area (Å²) in [4.78, 5) is 20.1. The van der Waals surface area contributed by atoms with E-state index in [1.807, 2.05) is 0 Å². The molecule has 3 aromatic rings. The normalized spacial score (nSPS) is 17.2. The third-order valence-corrected chi connectivity index (χ3v) is 6.60. The lowest BCUT2D eigenvalue weighted by Gasteiger charge is -2.32. The lowest BCUT2D eigenvalue weighted by atomic mass is 9.90. The number of rotatable bonds is 7. The second kappa shape index (κ2) is 9.45. The average molecular weight is 407 g/mol. The third kappa shape index (κ3) is 4.42. The molecule has 2 heterocycles. The quantitative estimate of drug-likeness (QED) is 0.539. The highest BCUT2D eigenvalue weighted by atomic mass is 16.2. The maximum absolute atomic E-state index is 13.0. The van der Waals surface area contributed by atoms with Gasteiger partial charge >= 0.3 is 0 Å². The molecular formula is C25H34N4O+2. The van der Waals surface area contributed by atoms with Gasteiger partial charge in [-0.3, -0.25) is 4.79 Å². The van der Waals surface area contributed by atoms with Gasteiger partial charge in [-0.2, -0.15) is 0 Å². The zero-order valence-corrected chi connectivity index (χ0v) is 18.1. The van der Waals surface area contributed by atoms with Crippen molar-refractivity contribution in [3.05, 3.63) is 71.9 Å². The molecule has 2 atom stereocenters. The van der Waals surface area contributed by atoms with E-state index in [1.165, 1.54) is 16.5 Å². The fraction of sp³-hybridized carbons (Fsp3) is 0.400. The monoisotopic (exact) mass is 406 g/mol. The summed E-state index contributed by atoms with van der Waals surface area (Å²) >= 11 is 0. The molecule has 1 aliphatic heterocycles. The predicted octanol–water partition coefficient (Wildman–Crippen LogP) is 0.999. The molecule has 1 aromatic heterocycles. The number of hydrogen-bond acceptors (Lipinski definition) is 1. The number of aromatic nitrogens is 1. The molecule has 0 radical (unpaired) electrons. The number of nitrogens with one attached hydrogen (secondary N) is 2. The Morgan fingerprint density at radius 1 is 1.10 bits per heavy atom. The van der Waals surface area contributed by atoms with Crippen molar-refractivity contribution in [2.24, 2.45) is 0 Å². The van der Waals surface area contributed by atoms with Crippen molar-refractivity contribution >= 4 is 16.8 Å². The summed E-state index contributed by atoms with van der Waals surface area (Å²) in [6.07, 6.45) is 2.13. The molecule has 2 aromatic carbocycles. The maximum Gasteiger partial charge on any atom is 0.280 e. The van der Waals surface area contributed by atoms with Crippen molar-refractivity contribution in [2.45, 2.75) is 25.8 Å². The van der Waals surface area contributed by atoms with Crippen LogP contribution in [0, 0.1) is 0 Å². The van der Waals surface area contributed by atoms with Crippen molar-refractivity contribution in [3.63, 3.8) is 0 Å². The topological polar surface area (TPSA) is 57.1 Å². The van der Waals surface area contributed by atoms with Crippen molar-refractivity contribution < 1.29 is 15.0 Å². The Bertz CT molecular complexity index is 959. The van der Waals surface area contributed by atoms with E-state index in [1.54, 1.807) is 4.90 Å². The molecular weight excluding hydrogens is 372 g/mol. The van der Waals surface area contributed by atoms with Gasteiger partial charge in [-0.25, -0.2) is 0 Å². The lowest BCUT2D eigenvalue weighted by molar-refractivity contribution is -0.902. The van der Waals surface area contributed by atoms with Crippen LogP contribution in [0.2, 0.25) is 0 Å². The van der Waals surface area contributed by atoms with Crippen LogP contribution in [-0.2, 0) is 4.79 Å². The van der Waals surface area contributed by atoms with Crippen LogP contribution in [0.4, 0.5) is 0 Å². The first-order valence-corrected chi connectivity index (χ1v) is 11.2. The summed E-state index contributed by atoms with van der Waals surface area (Å²) < 4.78 is 0. The van der Waals surface area contributed by atoms with Crippen molar-refractivity contribution in [1.82, 2.24) is 9.88 Å². The van der Waals surface area contributed by atoms with Crippen LogP contribution >= 0.6 is 0 Å². The molecule has 0 unspecified atom stereocenters. The highest BCUT2D eigenvalue weighted by molar-refractivity contribution is 5.84. The van der Waals surface area contributed by atoms with Gasteiger partial charge in [-0.05, 0) is 31.0 Å². The summed E-state index contributed by atoms with van der Waals surface area (Å²) in [5.74, 6) is 0.509.